The van der Waals surface area contributed by atoms with Crippen LogP contribution in [0.3, 0.4) is 0 Å². The third-order valence-corrected chi connectivity index (χ3v) is 11.1. The quantitative estimate of drug-likeness (QED) is 0.259. The summed E-state index contributed by atoms with van der Waals surface area (Å²) in [7, 11) is -0.267. The van der Waals surface area contributed by atoms with Gasteiger partial charge in [0, 0.05) is 12.3 Å². The van der Waals surface area contributed by atoms with Gasteiger partial charge in [-0.3, -0.25) is 9.59 Å². The van der Waals surface area contributed by atoms with Gasteiger partial charge < -0.3 is 14.0 Å². The van der Waals surface area contributed by atoms with Gasteiger partial charge in [0.15, 0.2) is 19.7 Å². The van der Waals surface area contributed by atoms with E-state index in [1.54, 1.807) is 14.0 Å². The van der Waals surface area contributed by atoms with E-state index in [1.807, 2.05) is 0 Å². The van der Waals surface area contributed by atoms with Crippen molar-refractivity contribution in [2.75, 3.05) is 7.11 Å². The maximum Gasteiger partial charge on any atom is 0.303 e. The number of rotatable bonds is 5. The number of oxime groups is 1. The van der Waals surface area contributed by atoms with Crippen molar-refractivity contribution in [2.45, 2.75) is 110 Å². The monoisotopic (exact) mass is 503 g/mol. The van der Waals surface area contributed by atoms with Gasteiger partial charge in [-0.05, 0) is 113 Å². The van der Waals surface area contributed by atoms with Crippen LogP contribution < -0.4 is 0 Å². The SMILES string of the molecule is CON=C1C=C2C(C)(O[Si](C)(C)C)CC3C(CCC4(C)C3CCC4(OC(C)=O)C(C)=O)C2(C)CC1. The molecule has 0 radical (unpaired) electrons. The van der Waals surface area contributed by atoms with E-state index in [9.17, 15) is 9.59 Å². The number of hydrogen-bond donors (Lipinski definition) is 0. The largest absolute Gasteiger partial charge is 0.451 e. The lowest BCUT2D eigenvalue weighted by Gasteiger charge is -2.63. The number of carbonyl (C=O) groups excluding carboxylic acids is 2. The molecule has 196 valence electrons. The van der Waals surface area contributed by atoms with Crippen molar-refractivity contribution < 1.29 is 23.6 Å². The molecule has 35 heavy (non-hydrogen) atoms. The van der Waals surface area contributed by atoms with Crippen molar-refractivity contribution in [3.05, 3.63) is 11.6 Å². The molecule has 7 atom stereocenters. The molecule has 0 aromatic heterocycles. The van der Waals surface area contributed by atoms with E-state index >= 15 is 0 Å². The van der Waals surface area contributed by atoms with Crippen LogP contribution in [0.2, 0.25) is 19.6 Å². The van der Waals surface area contributed by atoms with Gasteiger partial charge in [-0.2, -0.15) is 0 Å². The van der Waals surface area contributed by atoms with Gasteiger partial charge in [-0.1, -0.05) is 19.0 Å². The lowest BCUT2D eigenvalue weighted by molar-refractivity contribution is -0.189. The molecule has 0 amide bonds. The minimum atomic E-state index is -1.88. The Labute approximate surface area is 212 Å². The zero-order chi connectivity index (χ0) is 26.0. The minimum absolute atomic E-state index is 0.00190. The predicted octanol–water partition coefficient (Wildman–Crippen LogP) is 6.06. The molecule has 0 aliphatic heterocycles. The number of hydrogen-bond acceptors (Lipinski definition) is 6. The van der Waals surface area contributed by atoms with Crippen LogP contribution in [0.4, 0.5) is 0 Å². The first-order valence-electron chi connectivity index (χ1n) is 13.4. The molecular formula is C28H45NO5Si. The molecule has 3 fully saturated rings. The number of nitrogens with zero attached hydrogens (tertiary/aromatic N) is 1. The summed E-state index contributed by atoms with van der Waals surface area (Å²) >= 11 is 0. The second kappa shape index (κ2) is 8.54. The van der Waals surface area contributed by atoms with Gasteiger partial charge >= 0.3 is 5.97 Å². The van der Waals surface area contributed by atoms with Crippen LogP contribution >= 0.6 is 0 Å². The van der Waals surface area contributed by atoms with Crippen LogP contribution in [-0.2, 0) is 23.6 Å². The number of Topliss-reactive ketones (excluding diaryl/α,β-unsaturated/α-hetero) is 1. The summed E-state index contributed by atoms with van der Waals surface area (Å²) in [5.41, 5.74) is 0.628. The van der Waals surface area contributed by atoms with Crippen LogP contribution in [0.25, 0.3) is 0 Å². The van der Waals surface area contributed by atoms with E-state index in [0.29, 0.717) is 24.2 Å². The molecule has 0 aromatic carbocycles. The van der Waals surface area contributed by atoms with Crippen molar-refractivity contribution in [1.82, 2.24) is 0 Å². The average Bonchev–Trinajstić information content (AvgIpc) is 3.01. The van der Waals surface area contributed by atoms with Gasteiger partial charge in [0.05, 0.1) is 11.3 Å². The Balaban J connectivity index is 1.82. The Morgan fingerprint density at radius 3 is 2.26 bits per heavy atom. The molecule has 0 aromatic rings. The van der Waals surface area contributed by atoms with Crippen LogP contribution in [0, 0.1) is 28.6 Å². The summed E-state index contributed by atoms with van der Waals surface area (Å²) in [6, 6.07) is 0. The molecule has 0 bridgehead atoms. The van der Waals surface area contributed by atoms with Crippen LogP contribution in [0.15, 0.2) is 16.8 Å². The molecule has 4 rings (SSSR count). The molecular weight excluding hydrogens is 458 g/mol. The fourth-order valence-electron chi connectivity index (χ4n) is 9.01. The highest BCUT2D eigenvalue weighted by Crippen LogP contribution is 2.70. The number of fused-ring (bicyclic) bond motifs is 5. The average molecular weight is 504 g/mol. The molecule has 4 aliphatic rings. The number of ether oxygens (including phenoxy) is 1. The highest BCUT2D eigenvalue weighted by atomic mass is 28.4. The molecule has 3 saturated carbocycles. The fourth-order valence-corrected chi connectivity index (χ4v) is 10.6. The summed E-state index contributed by atoms with van der Waals surface area (Å²) < 4.78 is 13.0. The first-order valence-corrected chi connectivity index (χ1v) is 16.8. The molecule has 4 aliphatic carbocycles. The lowest BCUT2D eigenvalue weighted by Crippen LogP contribution is -2.62. The molecule has 0 spiro atoms. The summed E-state index contributed by atoms with van der Waals surface area (Å²) in [6.07, 6.45) is 8.59. The topological polar surface area (TPSA) is 74.2 Å². The van der Waals surface area contributed by atoms with Crippen LogP contribution in [0.1, 0.15) is 79.6 Å². The second-order valence-corrected chi connectivity index (χ2v) is 17.7. The number of carbonyl (C=O) groups is 2. The maximum atomic E-state index is 13.1. The summed E-state index contributed by atoms with van der Waals surface area (Å²) in [6.45, 7) is 16.8. The third kappa shape index (κ3) is 4.05. The Morgan fingerprint density at radius 1 is 1.03 bits per heavy atom. The summed E-state index contributed by atoms with van der Waals surface area (Å²) in [4.78, 5) is 30.4. The predicted molar refractivity (Wildman–Crippen MR) is 140 cm³/mol. The number of esters is 1. The van der Waals surface area contributed by atoms with Crippen molar-refractivity contribution >= 4 is 25.8 Å². The molecule has 6 nitrogen and oxygen atoms in total. The lowest BCUT2D eigenvalue weighted by atomic mass is 9.44. The van der Waals surface area contributed by atoms with Crippen molar-refractivity contribution in [3.63, 3.8) is 0 Å². The first kappa shape index (κ1) is 26.6. The summed E-state index contributed by atoms with van der Waals surface area (Å²) in [5, 5.41) is 4.31. The molecule has 0 saturated heterocycles. The van der Waals surface area contributed by atoms with Crippen LogP contribution in [0.5, 0.6) is 0 Å². The Kier molecular flexibility index (Phi) is 6.49. The molecule has 7 unspecified atom stereocenters. The molecule has 0 N–H and O–H groups in total. The minimum Gasteiger partial charge on any atom is -0.451 e. The van der Waals surface area contributed by atoms with Crippen molar-refractivity contribution in [1.29, 1.82) is 0 Å². The van der Waals surface area contributed by atoms with E-state index < -0.39 is 19.5 Å². The smallest absolute Gasteiger partial charge is 0.303 e. The molecule has 7 heteroatoms. The Morgan fingerprint density at radius 2 is 1.69 bits per heavy atom. The van der Waals surface area contributed by atoms with E-state index in [0.717, 1.165) is 44.2 Å². The Hall–Kier alpha value is -1.47. The standard InChI is InChI=1S/C28H45NO5Si/c1-18(30)28(33-19(2)31)15-12-23-21-17-27(5,34-35(7,8)9)24-16-20(29-32-6)10-13-25(24,3)22(21)11-14-26(23,28)4/h16,21-23H,10-15,17H2,1-9H3. The van der Waals surface area contributed by atoms with E-state index in [4.69, 9.17) is 14.0 Å². The zero-order valence-corrected chi connectivity index (χ0v) is 24.2. The number of ketones is 1. The highest BCUT2D eigenvalue weighted by molar-refractivity contribution is 6.69. The van der Waals surface area contributed by atoms with Crippen LogP contribution in [-0.4, -0.2) is 44.1 Å². The summed E-state index contributed by atoms with van der Waals surface area (Å²) in [5.74, 6) is 0.887. The van der Waals surface area contributed by atoms with Crippen molar-refractivity contribution in [3.8, 4) is 0 Å². The van der Waals surface area contributed by atoms with E-state index in [1.165, 1.54) is 12.5 Å². The van der Waals surface area contributed by atoms with Gasteiger partial charge in [-0.15, -0.1) is 0 Å². The zero-order valence-electron chi connectivity index (χ0n) is 23.2. The van der Waals surface area contributed by atoms with Gasteiger partial charge in [0.25, 0.3) is 0 Å². The second-order valence-electron chi connectivity index (χ2n) is 13.2. The normalized spacial score (nSPS) is 44.1. The third-order valence-electron chi connectivity index (χ3n) is 10.0. The molecule has 0 heterocycles. The maximum absolute atomic E-state index is 13.1. The fraction of sp³-hybridized carbons (Fsp3) is 0.821. The Bertz CT molecular complexity index is 969. The van der Waals surface area contributed by atoms with Gasteiger partial charge in [-0.25, -0.2) is 0 Å². The van der Waals surface area contributed by atoms with Crippen molar-refractivity contribution in [2.24, 2.45) is 33.7 Å². The van der Waals surface area contributed by atoms with Gasteiger partial charge in [0.1, 0.15) is 7.11 Å². The van der Waals surface area contributed by atoms with E-state index in [2.05, 4.69) is 51.6 Å². The van der Waals surface area contributed by atoms with Gasteiger partial charge in [0.2, 0.25) is 0 Å². The first-order chi connectivity index (χ1) is 16.1. The highest BCUT2D eigenvalue weighted by Gasteiger charge is 2.69. The number of allylic oxidation sites excluding steroid dienone is 1. The van der Waals surface area contributed by atoms with E-state index in [-0.39, 0.29) is 22.6 Å².